The summed E-state index contributed by atoms with van der Waals surface area (Å²) in [5, 5.41) is 8.74. The molecule has 0 bridgehead atoms. The third-order valence-corrected chi connectivity index (χ3v) is 3.56. The number of hydrogen-bond donors (Lipinski definition) is 0. The van der Waals surface area contributed by atoms with Gasteiger partial charge in [-0.05, 0) is 12.8 Å². The standard InChI is InChI=1S/C10H13NO3/c11-7-8-9(14-8)1-3-10(4-2-9)12-5-6-13-10/h8H,1-6H2. The summed E-state index contributed by atoms with van der Waals surface area (Å²) in [4.78, 5) is 0. The molecule has 2 spiro atoms. The van der Waals surface area contributed by atoms with Gasteiger partial charge in [-0.3, -0.25) is 0 Å². The molecule has 2 heterocycles. The molecule has 0 aromatic carbocycles. The smallest absolute Gasteiger partial charge is 0.173 e. The highest BCUT2D eigenvalue weighted by Crippen LogP contribution is 2.52. The summed E-state index contributed by atoms with van der Waals surface area (Å²) in [6, 6.07) is 2.17. The molecule has 0 radical (unpaired) electrons. The number of hydrogen-bond acceptors (Lipinski definition) is 4. The molecule has 3 fully saturated rings. The minimum absolute atomic E-state index is 0.144. The first-order chi connectivity index (χ1) is 6.79. The van der Waals surface area contributed by atoms with Crippen LogP contribution in [-0.4, -0.2) is 30.7 Å². The van der Waals surface area contributed by atoms with Crippen molar-refractivity contribution in [1.29, 1.82) is 5.26 Å². The van der Waals surface area contributed by atoms with Crippen molar-refractivity contribution in [2.75, 3.05) is 13.2 Å². The minimum Gasteiger partial charge on any atom is -0.350 e. The molecule has 2 saturated heterocycles. The lowest BCUT2D eigenvalue weighted by molar-refractivity contribution is -0.184. The van der Waals surface area contributed by atoms with E-state index in [1.54, 1.807) is 0 Å². The highest BCUT2D eigenvalue weighted by Gasteiger charge is 2.61. The Kier molecular flexibility index (Phi) is 1.67. The van der Waals surface area contributed by atoms with E-state index >= 15 is 0 Å². The molecule has 4 heteroatoms. The Morgan fingerprint density at radius 3 is 2.21 bits per heavy atom. The van der Waals surface area contributed by atoms with Crippen molar-refractivity contribution in [2.24, 2.45) is 0 Å². The molecule has 4 nitrogen and oxygen atoms in total. The van der Waals surface area contributed by atoms with Crippen LogP contribution in [-0.2, 0) is 14.2 Å². The molecule has 0 N–H and O–H groups in total. The van der Waals surface area contributed by atoms with Crippen LogP contribution in [0.25, 0.3) is 0 Å². The summed E-state index contributed by atoms with van der Waals surface area (Å²) in [6.45, 7) is 1.41. The fraction of sp³-hybridized carbons (Fsp3) is 0.900. The van der Waals surface area contributed by atoms with E-state index in [1.165, 1.54) is 0 Å². The minimum atomic E-state index is -0.336. The number of rotatable bonds is 0. The van der Waals surface area contributed by atoms with E-state index in [0.717, 1.165) is 25.7 Å². The lowest BCUT2D eigenvalue weighted by Crippen LogP contribution is -2.38. The van der Waals surface area contributed by atoms with Crippen molar-refractivity contribution in [3.63, 3.8) is 0 Å². The van der Waals surface area contributed by atoms with Crippen LogP contribution in [0.2, 0.25) is 0 Å². The van der Waals surface area contributed by atoms with Gasteiger partial charge in [0.25, 0.3) is 0 Å². The van der Waals surface area contributed by atoms with Crippen molar-refractivity contribution >= 4 is 0 Å². The molecular formula is C10H13NO3. The predicted octanol–water partition coefficient (Wildman–Crippen LogP) is 0.965. The van der Waals surface area contributed by atoms with Crippen LogP contribution in [0.5, 0.6) is 0 Å². The zero-order valence-electron chi connectivity index (χ0n) is 7.99. The van der Waals surface area contributed by atoms with Crippen LogP contribution >= 0.6 is 0 Å². The normalized spacial score (nSPS) is 37.2. The van der Waals surface area contributed by atoms with Crippen LogP contribution < -0.4 is 0 Å². The Morgan fingerprint density at radius 2 is 1.71 bits per heavy atom. The quantitative estimate of drug-likeness (QED) is 0.540. The molecular weight excluding hydrogens is 182 g/mol. The summed E-state index contributed by atoms with van der Waals surface area (Å²) in [6.07, 6.45) is 3.34. The lowest BCUT2D eigenvalue weighted by Gasteiger charge is -2.34. The van der Waals surface area contributed by atoms with Gasteiger partial charge in [-0.1, -0.05) is 0 Å². The van der Waals surface area contributed by atoms with E-state index in [9.17, 15) is 0 Å². The van der Waals surface area contributed by atoms with E-state index in [2.05, 4.69) is 6.07 Å². The zero-order chi connectivity index (χ0) is 9.65. The second-order valence-corrected chi connectivity index (χ2v) is 4.30. The third-order valence-electron chi connectivity index (χ3n) is 3.56. The highest BCUT2D eigenvalue weighted by atomic mass is 16.7. The van der Waals surface area contributed by atoms with E-state index in [0.29, 0.717) is 13.2 Å². The largest absolute Gasteiger partial charge is 0.350 e. The molecule has 1 atom stereocenters. The van der Waals surface area contributed by atoms with Crippen LogP contribution in [0.1, 0.15) is 25.7 Å². The Balaban J connectivity index is 1.66. The maximum absolute atomic E-state index is 8.74. The summed E-state index contributed by atoms with van der Waals surface area (Å²) >= 11 is 0. The monoisotopic (exact) mass is 195 g/mol. The molecule has 3 rings (SSSR count). The van der Waals surface area contributed by atoms with Crippen molar-refractivity contribution in [3.8, 4) is 6.07 Å². The van der Waals surface area contributed by atoms with E-state index < -0.39 is 0 Å². The molecule has 2 aliphatic heterocycles. The van der Waals surface area contributed by atoms with E-state index in [-0.39, 0.29) is 17.5 Å². The lowest BCUT2D eigenvalue weighted by atomic mass is 9.83. The summed E-state index contributed by atoms with van der Waals surface area (Å²) in [5.74, 6) is -0.336. The van der Waals surface area contributed by atoms with Gasteiger partial charge in [0.1, 0.15) is 5.60 Å². The molecule has 1 unspecified atom stereocenters. The van der Waals surface area contributed by atoms with Gasteiger partial charge in [0.15, 0.2) is 11.9 Å². The van der Waals surface area contributed by atoms with Crippen molar-refractivity contribution in [2.45, 2.75) is 43.2 Å². The second kappa shape index (κ2) is 2.69. The van der Waals surface area contributed by atoms with Gasteiger partial charge in [0.05, 0.1) is 19.3 Å². The van der Waals surface area contributed by atoms with Crippen molar-refractivity contribution in [1.82, 2.24) is 0 Å². The maximum Gasteiger partial charge on any atom is 0.173 e. The van der Waals surface area contributed by atoms with E-state index in [1.807, 2.05) is 0 Å². The molecule has 1 saturated carbocycles. The van der Waals surface area contributed by atoms with Crippen molar-refractivity contribution in [3.05, 3.63) is 0 Å². The Morgan fingerprint density at radius 1 is 1.07 bits per heavy atom. The first-order valence-corrected chi connectivity index (χ1v) is 5.14. The number of nitriles is 1. The van der Waals surface area contributed by atoms with Gasteiger partial charge < -0.3 is 14.2 Å². The van der Waals surface area contributed by atoms with Crippen molar-refractivity contribution < 1.29 is 14.2 Å². The second-order valence-electron chi connectivity index (χ2n) is 4.30. The number of ether oxygens (including phenoxy) is 3. The van der Waals surface area contributed by atoms with Gasteiger partial charge in [-0.25, -0.2) is 0 Å². The van der Waals surface area contributed by atoms with Crippen LogP contribution in [0.3, 0.4) is 0 Å². The molecule has 0 amide bonds. The molecule has 76 valence electrons. The van der Waals surface area contributed by atoms with Crippen LogP contribution in [0.4, 0.5) is 0 Å². The Hall–Kier alpha value is -0.630. The summed E-state index contributed by atoms with van der Waals surface area (Å²) in [7, 11) is 0. The summed E-state index contributed by atoms with van der Waals surface area (Å²) in [5.41, 5.74) is -0.144. The summed E-state index contributed by atoms with van der Waals surface area (Å²) < 4.78 is 16.6. The molecule has 0 aromatic rings. The zero-order valence-corrected chi connectivity index (χ0v) is 7.99. The molecule has 1 aliphatic carbocycles. The number of nitrogens with zero attached hydrogens (tertiary/aromatic N) is 1. The number of epoxide rings is 1. The average Bonchev–Trinajstić information content (AvgIpc) is 2.72. The predicted molar refractivity (Wildman–Crippen MR) is 46.3 cm³/mol. The fourth-order valence-corrected chi connectivity index (χ4v) is 2.56. The van der Waals surface area contributed by atoms with Gasteiger partial charge in [-0.15, -0.1) is 0 Å². The first-order valence-electron chi connectivity index (χ1n) is 5.14. The SMILES string of the molecule is N#CC1OC12CCC1(CC2)OCCO1. The van der Waals surface area contributed by atoms with Gasteiger partial charge in [0, 0.05) is 12.8 Å². The maximum atomic E-state index is 8.74. The van der Waals surface area contributed by atoms with Gasteiger partial charge in [-0.2, -0.15) is 5.26 Å². The van der Waals surface area contributed by atoms with Gasteiger partial charge >= 0.3 is 0 Å². The molecule has 0 aromatic heterocycles. The van der Waals surface area contributed by atoms with Crippen LogP contribution in [0, 0.1) is 11.3 Å². The topological polar surface area (TPSA) is 54.8 Å². The van der Waals surface area contributed by atoms with Crippen LogP contribution in [0.15, 0.2) is 0 Å². The molecule has 14 heavy (non-hydrogen) atoms. The Labute approximate surface area is 82.7 Å². The third kappa shape index (κ3) is 1.10. The molecule has 3 aliphatic rings. The highest BCUT2D eigenvalue weighted by molar-refractivity contribution is 5.16. The van der Waals surface area contributed by atoms with Gasteiger partial charge in [0.2, 0.25) is 0 Å². The van der Waals surface area contributed by atoms with E-state index in [4.69, 9.17) is 19.5 Å². The fourth-order valence-electron chi connectivity index (χ4n) is 2.56. The first kappa shape index (κ1) is 8.66. The Bertz CT molecular complexity index is 280. The average molecular weight is 195 g/mol.